The van der Waals surface area contributed by atoms with E-state index in [2.05, 4.69) is 5.32 Å². The molecule has 1 aliphatic heterocycles. The Labute approximate surface area is 118 Å². The lowest BCUT2D eigenvalue weighted by Crippen LogP contribution is -2.46. The Bertz CT molecular complexity index is 460. The Morgan fingerprint density at radius 3 is 2.35 bits per heavy atom. The molecule has 3 unspecified atom stereocenters. The molecular formula is C14H21N3O3. The number of carbonyl (C=O) groups is 3. The molecule has 3 amide bonds. The predicted octanol–water partition coefficient (Wildman–Crippen LogP) is -0.377. The number of likely N-dealkylation sites (tertiary alicyclic amines) is 1. The molecule has 0 bridgehead atoms. The maximum Gasteiger partial charge on any atom is 0.234 e. The first-order chi connectivity index (χ1) is 9.34. The summed E-state index contributed by atoms with van der Waals surface area (Å²) in [5.74, 6) is -0.891. The first-order valence-corrected chi connectivity index (χ1v) is 7.24. The van der Waals surface area contributed by atoms with Gasteiger partial charge >= 0.3 is 0 Å². The number of hydrogen-bond acceptors (Lipinski definition) is 4. The summed E-state index contributed by atoms with van der Waals surface area (Å²) >= 11 is 0. The van der Waals surface area contributed by atoms with Crippen molar-refractivity contribution >= 4 is 17.7 Å². The average Bonchev–Trinajstić information content (AvgIpc) is 3.22. The van der Waals surface area contributed by atoms with Gasteiger partial charge in [-0.05, 0) is 24.7 Å². The largest absolute Gasteiger partial charge is 0.368 e. The Kier molecular flexibility index (Phi) is 2.90. The van der Waals surface area contributed by atoms with Crippen molar-refractivity contribution in [2.45, 2.75) is 45.2 Å². The van der Waals surface area contributed by atoms with E-state index in [0.717, 1.165) is 12.8 Å². The number of nitrogens with one attached hydrogen (secondary N) is 1. The van der Waals surface area contributed by atoms with Gasteiger partial charge in [0.2, 0.25) is 17.7 Å². The summed E-state index contributed by atoms with van der Waals surface area (Å²) in [7, 11) is 0. The summed E-state index contributed by atoms with van der Waals surface area (Å²) in [5.41, 5.74) is 5.18. The molecule has 0 radical (unpaired) electrons. The molecule has 3 rings (SSSR count). The normalized spacial score (nSPS) is 32.2. The third kappa shape index (κ3) is 2.02. The molecule has 2 saturated carbocycles. The average molecular weight is 279 g/mol. The molecule has 3 aliphatic rings. The maximum absolute atomic E-state index is 12.2. The van der Waals surface area contributed by atoms with E-state index < -0.39 is 11.9 Å². The van der Waals surface area contributed by atoms with Crippen LogP contribution in [0.2, 0.25) is 0 Å². The number of rotatable bonds is 6. The van der Waals surface area contributed by atoms with Gasteiger partial charge < -0.3 is 11.1 Å². The molecule has 110 valence electrons. The Morgan fingerprint density at radius 2 is 1.90 bits per heavy atom. The minimum Gasteiger partial charge on any atom is -0.368 e. The topological polar surface area (TPSA) is 92.5 Å². The van der Waals surface area contributed by atoms with Crippen LogP contribution < -0.4 is 11.1 Å². The number of primary amides is 1. The number of imide groups is 1. The van der Waals surface area contributed by atoms with Crippen LogP contribution in [0.3, 0.4) is 0 Å². The van der Waals surface area contributed by atoms with Crippen LogP contribution in [-0.4, -0.2) is 41.2 Å². The number of piperidine rings is 1. The van der Waals surface area contributed by atoms with Gasteiger partial charge in [-0.2, -0.15) is 0 Å². The molecule has 6 nitrogen and oxygen atoms in total. The van der Waals surface area contributed by atoms with Crippen molar-refractivity contribution in [3.8, 4) is 0 Å². The predicted molar refractivity (Wildman–Crippen MR) is 71.2 cm³/mol. The second-order valence-electron chi connectivity index (χ2n) is 6.79. The van der Waals surface area contributed by atoms with Crippen LogP contribution >= 0.6 is 0 Å². The molecule has 0 aromatic heterocycles. The van der Waals surface area contributed by atoms with Crippen molar-refractivity contribution in [1.82, 2.24) is 10.2 Å². The number of nitrogens with zero attached hydrogens (tertiary/aromatic N) is 1. The maximum atomic E-state index is 12.2. The molecular weight excluding hydrogens is 258 g/mol. The highest BCUT2D eigenvalue weighted by Gasteiger charge is 2.72. The standard InChI is InChI=1S/C14H21N3O3/c1-14(2)9-10(14)13(20)17(12(9)19)6-5-8(11(15)18)16-7-3-4-7/h7-10,16H,3-6H2,1-2H3,(H2,15,18). The van der Waals surface area contributed by atoms with Crippen LogP contribution in [0.5, 0.6) is 0 Å². The van der Waals surface area contributed by atoms with Crippen LogP contribution in [0.1, 0.15) is 33.1 Å². The van der Waals surface area contributed by atoms with Crippen LogP contribution in [0, 0.1) is 17.3 Å². The summed E-state index contributed by atoms with van der Waals surface area (Å²) in [6.07, 6.45) is 2.52. The van der Waals surface area contributed by atoms with Gasteiger partial charge in [-0.1, -0.05) is 13.8 Å². The quantitative estimate of drug-likeness (QED) is 0.648. The van der Waals surface area contributed by atoms with Crippen molar-refractivity contribution in [2.24, 2.45) is 23.0 Å². The van der Waals surface area contributed by atoms with E-state index in [1.54, 1.807) is 0 Å². The number of fused-ring (bicyclic) bond motifs is 1. The number of nitrogens with two attached hydrogens (primary N) is 1. The highest BCUT2D eigenvalue weighted by molar-refractivity contribution is 6.10. The van der Waals surface area contributed by atoms with Crippen LogP contribution in [0.4, 0.5) is 0 Å². The second-order valence-corrected chi connectivity index (χ2v) is 6.79. The lowest BCUT2D eigenvalue weighted by Gasteiger charge is -2.23. The number of amides is 3. The first-order valence-electron chi connectivity index (χ1n) is 7.24. The molecule has 3 atom stereocenters. The van der Waals surface area contributed by atoms with Gasteiger partial charge in [-0.15, -0.1) is 0 Å². The highest BCUT2D eigenvalue weighted by Crippen LogP contribution is 2.63. The van der Waals surface area contributed by atoms with Gasteiger partial charge in [0.1, 0.15) is 0 Å². The van der Waals surface area contributed by atoms with E-state index >= 15 is 0 Å². The zero-order valence-corrected chi connectivity index (χ0v) is 11.9. The smallest absolute Gasteiger partial charge is 0.234 e. The second kappa shape index (κ2) is 4.28. The van der Waals surface area contributed by atoms with Crippen molar-refractivity contribution in [3.63, 3.8) is 0 Å². The molecule has 0 spiro atoms. The van der Waals surface area contributed by atoms with Crippen molar-refractivity contribution in [1.29, 1.82) is 0 Å². The van der Waals surface area contributed by atoms with Crippen LogP contribution in [0.15, 0.2) is 0 Å². The minimum absolute atomic E-state index is 0.0837. The van der Waals surface area contributed by atoms with Crippen molar-refractivity contribution in [2.75, 3.05) is 6.54 Å². The molecule has 3 N–H and O–H groups in total. The van der Waals surface area contributed by atoms with Crippen molar-refractivity contribution in [3.05, 3.63) is 0 Å². The highest BCUT2D eigenvalue weighted by atomic mass is 16.2. The van der Waals surface area contributed by atoms with E-state index in [9.17, 15) is 14.4 Å². The van der Waals surface area contributed by atoms with Gasteiger partial charge in [0.15, 0.2) is 0 Å². The zero-order chi connectivity index (χ0) is 14.7. The fraction of sp³-hybridized carbons (Fsp3) is 0.786. The van der Waals surface area contributed by atoms with E-state index in [1.807, 2.05) is 13.8 Å². The molecule has 6 heteroatoms. The monoisotopic (exact) mass is 279 g/mol. The molecule has 0 aromatic rings. The SMILES string of the molecule is CC1(C)C2C(=O)N(CCC(NC3CC3)C(N)=O)C(=O)C21. The van der Waals surface area contributed by atoms with Gasteiger partial charge in [-0.3, -0.25) is 19.3 Å². The Balaban J connectivity index is 1.57. The summed E-state index contributed by atoms with van der Waals surface area (Å²) in [6, 6.07) is -0.0853. The summed E-state index contributed by atoms with van der Waals surface area (Å²) in [4.78, 5) is 37.0. The number of carbonyl (C=O) groups excluding carboxylic acids is 3. The summed E-state index contributed by atoms with van der Waals surface area (Å²) in [5, 5.41) is 3.16. The molecule has 1 heterocycles. The fourth-order valence-corrected chi connectivity index (χ4v) is 3.32. The van der Waals surface area contributed by atoms with Gasteiger partial charge in [0, 0.05) is 12.6 Å². The van der Waals surface area contributed by atoms with Gasteiger partial charge in [0.05, 0.1) is 17.9 Å². The van der Waals surface area contributed by atoms with E-state index in [0.29, 0.717) is 12.5 Å². The lowest BCUT2D eigenvalue weighted by atomic mass is 10.1. The van der Waals surface area contributed by atoms with E-state index in [1.165, 1.54) is 4.90 Å². The molecule has 1 saturated heterocycles. The van der Waals surface area contributed by atoms with E-state index in [-0.39, 0.29) is 35.6 Å². The lowest BCUT2D eigenvalue weighted by molar-refractivity contribution is -0.143. The summed E-state index contributed by atoms with van der Waals surface area (Å²) < 4.78 is 0. The molecule has 20 heavy (non-hydrogen) atoms. The van der Waals surface area contributed by atoms with Gasteiger partial charge in [0.25, 0.3) is 0 Å². The molecule has 2 aliphatic carbocycles. The zero-order valence-electron chi connectivity index (χ0n) is 11.9. The van der Waals surface area contributed by atoms with E-state index in [4.69, 9.17) is 5.73 Å². The minimum atomic E-state index is -0.451. The third-order valence-corrected chi connectivity index (χ3v) is 4.89. The Hall–Kier alpha value is -1.43. The molecule has 0 aromatic carbocycles. The first kappa shape index (κ1) is 13.5. The number of hydrogen-bond donors (Lipinski definition) is 2. The van der Waals surface area contributed by atoms with Gasteiger partial charge in [-0.25, -0.2) is 0 Å². The van der Waals surface area contributed by atoms with Crippen LogP contribution in [-0.2, 0) is 14.4 Å². The fourth-order valence-electron chi connectivity index (χ4n) is 3.32. The van der Waals surface area contributed by atoms with Crippen molar-refractivity contribution < 1.29 is 14.4 Å². The third-order valence-electron chi connectivity index (χ3n) is 4.89. The summed E-state index contributed by atoms with van der Waals surface area (Å²) in [6.45, 7) is 4.20. The Morgan fingerprint density at radius 1 is 1.35 bits per heavy atom. The molecule has 3 fully saturated rings. The van der Waals surface area contributed by atoms with Crippen LogP contribution in [0.25, 0.3) is 0 Å².